The SMILES string of the molecule is CC[C@@H](NC(=O)c1c(O)c(-c2ccccc2)nc2ccccc12)c1ccccc1.Cl. The zero-order valence-corrected chi connectivity index (χ0v) is 17.4. The summed E-state index contributed by atoms with van der Waals surface area (Å²) in [5.74, 6) is -0.413. The second-order valence-electron chi connectivity index (χ2n) is 6.91. The van der Waals surface area contributed by atoms with E-state index in [4.69, 9.17) is 0 Å². The number of carbonyl (C=O) groups excluding carboxylic acids is 1. The van der Waals surface area contributed by atoms with Gasteiger partial charge in [0, 0.05) is 10.9 Å². The maximum Gasteiger partial charge on any atom is 0.256 e. The summed E-state index contributed by atoms with van der Waals surface area (Å²) in [6.45, 7) is 2.03. The number of amides is 1. The van der Waals surface area contributed by atoms with Crippen LogP contribution in [-0.2, 0) is 0 Å². The average molecular weight is 419 g/mol. The first-order chi connectivity index (χ1) is 14.2. The van der Waals surface area contributed by atoms with E-state index >= 15 is 0 Å². The van der Waals surface area contributed by atoms with Crippen molar-refractivity contribution in [1.29, 1.82) is 0 Å². The lowest BCUT2D eigenvalue weighted by molar-refractivity contribution is 0.0934. The van der Waals surface area contributed by atoms with Crippen molar-refractivity contribution in [3.8, 4) is 17.0 Å². The lowest BCUT2D eigenvalue weighted by Gasteiger charge is -2.19. The monoisotopic (exact) mass is 418 g/mol. The van der Waals surface area contributed by atoms with E-state index in [0.717, 1.165) is 17.5 Å². The van der Waals surface area contributed by atoms with Crippen molar-refractivity contribution in [3.05, 3.63) is 96.1 Å². The molecule has 1 amide bonds. The molecule has 0 radical (unpaired) electrons. The summed E-state index contributed by atoms with van der Waals surface area (Å²) < 4.78 is 0. The van der Waals surface area contributed by atoms with Gasteiger partial charge in [-0.15, -0.1) is 12.4 Å². The summed E-state index contributed by atoms with van der Waals surface area (Å²) in [4.78, 5) is 17.9. The lowest BCUT2D eigenvalue weighted by Crippen LogP contribution is -2.28. The maximum absolute atomic E-state index is 13.3. The number of benzene rings is 3. The van der Waals surface area contributed by atoms with Gasteiger partial charge in [0.25, 0.3) is 5.91 Å². The minimum Gasteiger partial charge on any atom is -0.505 e. The summed E-state index contributed by atoms with van der Waals surface area (Å²) in [6, 6.07) is 26.5. The quantitative estimate of drug-likeness (QED) is 0.423. The number of nitrogens with zero attached hydrogens (tertiary/aromatic N) is 1. The highest BCUT2D eigenvalue weighted by atomic mass is 35.5. The van der Waals surface area contributed by atoms with Gasteiger partial charge in [-0.2, -0.15) is 0 Å². The molecule has 0 saturated carbocycles. The Hall–Kier alpha value is -3.37. The van der Waals surface area contributed by atoms with Crippen LogP contribution in [0, 0.1) is 0 Å². The number of carbonyl (C=O) groups is 1. The van der Waals surface area contributed by atoms with Gasteiger partial charge in [-0.25, -0.2) is 4.98 Å². The fourth-order valence-electron chi connectivity index (χ4n) is 3.57. The second-order valence-corrected chi connectivity index (χ2v) is 6.91. The normalized spacial score (nSPS) is 11.5. The molecule has 1 atom stereocenters. The van der Waals surface area contributed by atoms with E-state index in [1.807, 2.05) is 91.9 Å². The van der Waals surface area contributed by atoms with E-state index in [0.29, 0.717) is 16.6 Å². The lowest BCUT2D eigenvalue weighted by atomic mass is 10.00. The minimum absolute atomic E-state index is 0. The highest BCUT2D eigenvalue weighted by Crippen LogP contribution is 2.35. The first-order valence-corrected chi connectivity index (χ1v) is 9.72. The molecule has 0 aliphatic heterocycles. The third kappa shape index (κ3) is 4.14. The average Bonchev–Trinajstić information content (AvgIpc) is 2.78. The molecule has 2 N–H and O–H groups in total. The molecule has 0 spiro atoms. The second kappa shape index (κ2) is 9.42. The molecule has 0 unspecified atom stereocenters. The number of hydrogen-bond acceptors (Lipinski definition) is 3. The molecule has 1 heterocycles. The predicted molar refractivity (Wildman–Crippen MR) is 123 cm³/mol. The van der Waals surface area contributed by atoms with E-state index in [1.165, 1.54) is 0 Å². The number of aromatic hydroxyl groups is 1. The van der Waals surface area contributed by atoms with Crippen molar-refractivity contribution in [1.82, 2.24) is 10.3 Å². The molecule has 30 heavy (non-hydrogen) atoms. The molecule has 0 aliphatic rings. The molecule has 3 aromatic carbocycles. The first-order valence-electron chi connectivity index (χ1n) is 9.72. The number of nitrogens with one attached hydrogen (secondary N) is 1. The van der Waals surface area contributed by atoms with Gasteiger partial charge in [0.05, 0.1) is 17.1 Å². The van der Waals surface area contributed by atoms with Crippen LogP contribution in [0.15, 0.2) is 84.9 Å². The number of fused-ring (bicyclic) bond motifs is 1. The summed E-state index contributed by atoms with van der Waals surface area (Å²) in [5, 5.41) is 14.8. The number of aromatic nitrogens is 1. The van der Waals surface area contributed by atoms with Gasteiger partial charge >= 0.3 is 0 Å². The third-order valence-corrected chi connectivity index (χ3v) is 5.06. The molecule has 4 nitrogen and oxygen atoms in total. The van der Waals surface area contributed by atoms with Gasteiger partial charge in [-0.3, -0.25) is 4.79 Å². The Kier molecular flexibility index (Phi) is 6.70. The van der Waals surface area contributed by atoms with Gasteiger partial charge in [0.1, 0.15) is 5.69 Å². The molecule has 5 heteroatoms. The third-order valence-electron chi connectivity index (χ3n) is 5.06. The van der Waals surface area contributed by atoms with Gasteiger partial charge < -0.3 is 10.4 Å². The van der Waals surface area contributed by atoms with Crippen LogP contribution in [0.25, 0.3) is 22.2 Å². The number of para-hydroxylation sites is 1. The summed E-state index contributed by atoms with van der Waals surface area (Å²) in [6.07, 6.45) is 0.741. The standard InChI is InChI=1S/C25H22N2O2.ClH/c1-2-20(17-11-5-3-6-12-17)27-25(29)22-19-15-9-10-16-21(19)26-23(24(22)28)18-13-7-4-8-14-18;/h3-16,20,28H,2H2,1H3,(H,27,29);1H/t20-;/m1./s1. The molecule has 152 valence electrons. The Morgan fingerprint density at radius 2 is 1.53 bits per heavy atom. The van der Waals surface area contributed by atoms with Crippen LogP contribution in [0.3, 0.4) is 0 Å². The summed E-state index contributed by atoms with van der Waals surface area (Å²) in [7, 11) is 0. The topological polar surface area (TPSA) is 62.2 Å². The van der Waals surface area contributed by atoms with Gasteiger partial charge in [-0.1, -0.05) is 85.8 Å². The molecule has 0 bridgehead atoms. The van der Waals surface area contributed by atoms with Crippen LogP contribution in [0.5, 0.6) is 5.75 Å². The molecular formula is C25H23ClN2O2. The molecule has 0 aliphatic carbocycles. The van der Waals surface area contributed by atoms with Crippen molar-refractivity contribution < 1.29 is 9.90 Å². The predicted octanol–water partition coefficient (Wildman–Crippen LogP) is 5.91. The highest BCUT2D eigenvalue weighted by Gasteiger charge is 2.23. The van der Waals surface area contributed by atoms with E-state index < -0.39 is 0 Å². The van der Waals surface area contributed by atoms with Crippen LogP contribution >= 0.6 is 12.4 Å². The van der Waals surface area contributed by atoms with Crippen molar-refractivity contribution in [3.63, 3.8) is 0 Å². The van der Waals surface area contributed by atoms with Gasteiger partial charge in [0.2, 0.25) is 0 Å². The van der Waals surface area contributed by atoms with Crippen LogP contribution in [0.1, 0.15) is 35.3 Å². The Morgan fingerprint density at radius 3 is 2.20 bits per heavy atom. The first kappa shape index (κ1) is 21.3. The Morgan fingerprint density at radius 1 is 0.933 bits per heavy atom. The fraction of sp³-hybridized carbons (Fsp3) is 0.120. The van der Waals surface area contributed by atoms with Crippen molar-refractivity contribution in [2.45, 2.75) is 19.4 Å². The van der Waals surface area contributed by atoms with Crippen LogP contribution in [0.2, 0.25) is 0 Å². The van der Waals surface area contributed by atoms with Crippen LogP contribution in [-0.4, -0.2) is 16.0 Å². The van der Waals surface area contributed by atoms with Crippen LogP contribution < -0.4 is 5.32 Å². The van der Waals surface area contributed by atoms with Crippen molar-refractivity contribution in [2.24, 2.45) is 0 Å². The van der Waals surface area contributed by atoms with Gasteiger partial charge in [-0.05, 0) is 18.1 Å². The Bertz CT molecular complexity index is 1150. The van der Waals surface area contributed by atoms with E-state index in [1.54, 1.807) is 0 Å². The zero-order valence-electron chi connectivity index (χ0n) is 16.6. The largest absolute Gasteiger partial charge is 0.505 e. The summed E-state index contributed by atoms with van der Waals surface area (Å²) >= 11 is 0. The molecule has 1 aromatic heterocycles. The van der Waals surface area contributed by atoms with Crippen molar-refractivity contribution >= 4 is 29.2 Å². The number of rotatable bonds is 5. The number of pyridine rings is 1. The highest BCUT2D eigenvalue weighted by molar-refractivity contribution is 6.10. The summed E-state index contributed by atoms with van der Waals surface area (Å²) in [5.41, 5.74) is 3.12. The van der Waals surface area contributed by atoms with E-state index in [9.17, 15) is 9.90 Å². The van der Waals surface area contributed by atoms with Crippen molar-refractivity contribution in [2.75, 3.05) is 0 Å². The molecular weight excluding hydrogens is 396 g/mol. The zero-order chi connectivity index (χ0) is 20.2. The fourth-order valence-corrected chi connectivity index (χ4v) is 3.57. The molecule has 0 saturated heterocycles. The van der Waals surface area contributed by atoms with Gasteiger partial charge in [0.15, 0.2) is 5.75 Å². The molecule has 0 fully saturated rings. The Labute approximate surface area is 182 Å². The number of halogens is 1. The smallest absolute Gasteiger partial charge is 0.256 e. The molecule has 4 rings (SSSR count). The van der Waals surface area contributed by atoms with E-state index in [2.05, 4.69) is 10.3 Å². The molecule has 4 aromatic rings. The van der Waals surface area contributed by atoms with Crippen LogP contribution in [0.4, 0.5) is 0 Å². The Balaban J connectivity index is 0.00000256. The number of hydrogen-bond donors (Lipinski definition) is 2. The van der Waals surface area contributed by atoms with E-state index in [-0.39, 0.29) is 35.7 Å². The maximum atomic E-state index is 13.3. The minimum atomic E-state index is -0.311.